The smallest absolute Gasteiger partial charge is 0.142 e. The van der Waals surface area contributed by atoms with E-state index in [1.165, 1.54) is 0 Å². The lowest BCUT2D eigenvalue weighted by Gasteiger charge is -2.13. The number of benzene rings is 3. The molecule has 3 aromatic rings. The van der Waals surface area contributed by atoms with Gasteiger partial charge in [0.05, 0.1) is 4.47 Å². The van der Waals surface area contributed by atoms with Crippen LogP contribution < -0.4 is 10.5 Å². The zero-order chi connectivity index (χ0) is 15.0. The first-order valence-corrected chi connectivity index (χ1v) is 7.64. The van der Waals surface area contributed by atoms with Gasteiger partial charge in [0.15, 0.2) is 0 Å². The molecule has 0 aromatic heterocycles. The molecule has 0 aliphatic rings. The Morgan fingerprint density at radius 2 is 1.71 bits per heavy atom. The molecule has 21 heavy (non-hydrogen) atoms. The minimum absolute atomic E-state index is 0.713. The van der Waals surface area contributed by atoms with Crippen molar-refractivity contribution in [2.24, 2.45) is 0 Å². The van der Waals surface area contributed by atoms with E-state index in [-0.39, 0.29) is 0 Å². The summed E-state index contributed by atoms with van der Waals surface area (Å²) in [5.74, 6) is 1.49. The van der Waals surface area contributed by atoms with Crippen LogP contribution in [0.4, 0.5) is 5.69 Å². The summed E-state index contributed by atoms with van der Waals surface area (Å²) in [5.41, 5.74) is 7.60. The SMILES string of the molecule is Cc1cc(Oc2ccc(Cl)c3ccccc23)c(Br)cc1N. The first-order valence-electron chi connectivity index (χ1n) is 6.47. The van der Waals surface area contributed by atoms with Gasteiger partial charge < -0.3 is 10.5 Å². The number of anilines is 1. The molecule has 0 spiro atoms. The van der Waals surface area contributed by atoms with Gasteiger partial charge in [0.25, 0.3) is 0 Å². The molecule has 3 aromatic carbocycles. The van der Waals surface area contributed by atoms with Crippen LogP contribution in [0.2, 0.25) is 5.02 Å². The predicted molar refractivity (Wildman–Crippen MR) is 92.3 cm³/mol. The van der Waals surface area contributed by atoms with Crippen molar-refractivity contribution in [1.82, 2.24) is 0 Å². The van der Waals surface area contributed by atoms with Crippen LogP contribution in [0.1, 0.15) is 5.56 Å². The third kappa shape index (κ3) is 2.71. The quantitative estimate of drug-likeness (QED) is 0.573. The van der Waals surface area contributed by atoms with Crippen LogP contribution in [-0.2, 0) is 0 Å². The van der Waals surface area contributed by atoms with E-state index in [1.807, 2.05) is 55.5 Å². The van der Waals surface area contributed by atoms with Crippen molar-refractivity contribution in [3.05, 3.63) is 63.6 Å². The van der Waals surface area contributed by atoms with Crippen molar-refractivity contribution >= 4 is 44.0 Å². The molecule has 0 aliphatic heterocycles. The second-order valence-corrected chi connectivity index (χ2v) is 6.09. The van der Waals surface area contributed by atoms with Crippen LogP contribution in [0.15, 0.2) is 53.0 Å². The third-order valence-electron chi connectivity index (χ3n) is 3.37. The van der Waals surface area contributed by atoms with Crippen LogP contribution in [0.3, 0.4) is 0 Å². The zero-order valence-corrected chi connectivity index (χ0v) is 13.7. The van der Waals surface area contributed by atoms with E-state index in [4.69, 9.17) is 22.1 Å². The molecule has 0 heterocycles. The van der Waals surface area contributed by atoms with Crippen LogP contribution in [0.25, 0.3) is 10.8 Å². The lowest BCUT2D eigenvalue weighted by atomic mass is 10.1. The van der Waals surface area contributed by atoms with E-state index < -0.39 is 0 Å². The summed E-state index contributed by atoms with van der Waals surface area (Å²) in [6, 6.07) is 15.4. The van der Waals surface area contributed by atoms with Crippen molar-refractivity contribution in [3.8, 4) is 11.5 Å². The van der Waals surface area contributed by atoms with E-state index >= 15 is 0 Å². The number of hydrogen-bond acceptors (Lipinski definition) is 2. The summed E-state index contributed by atoms with van der Waals surface area (Å²) < 4.78 is 6.88. The summed E-state index contributed by atoms with van der Waals surface area (Å²) in [5, 5.41) is 2.66. The van der Waals surface area contributed by atoms with Gasteiger partial charge in [0.2, 0.25) is 0 Å². The first-order chi connectivity index (χ1) is 10.1. The average molecular weight is 363 g/mol. The van der Waals surface area contributed by atoms with E-state index in [0.29, 0.717) is 5.02 Å². The Kier molecular flexibility index (Phi) is 3.79. The fourth-order valence-corrected chi connectivity index (χ4v) is 2.86. The highest BCUT2D eigenvalue weighted by Gasteiger charge is 2.10. The van der Waals surface area contributed by atoms with Crippen molar-refractivity contribution in [2.75, 3.05) is 5.73 Å². The van der Waals surface area contributed by atoms with Gasteiger partial charge in [-0.1, -0.05) is 35.9 Å². The zero-order valence-electron chi connectivity index (χ0n) is 11.4. The van der Waals surface area contributed by atoms with Crippen LogP contribution in [0, 0.1) is 6.92 Å². The van der Waals surface area contributed by atoms with Crippen LogP contribution in [0.5, 0.6) is 11.5 Å². The molecule has 0 atom stereocenters. The summed E-state index contributed by atoms with van der Waals surface area (Å²) in [4.78, 5) is 0. The maximum Gasteiger partial charge on any atom is 0.142 e. The standard InChI is InChI=1S/C17H13BrClNO/c1-10-8-17(13(18)9-15(10)20)21-16-7-6-14(19)11-4-2-3-5-12(11)16/h2-9H,20H2,1H3. The van der Waals surface area contributed by atoms with Gasteiger partial charge in [-0.25, -0.2) is 0 Å². The fourth-order valence-electron chi connectivity index (χ4n) is 2.19. The molecule has 4 heteroatoms. The first kappa shape index (κ1) is 14.2. The molecule has 0 saturated carbocycles. The Hall–Kier alpha value is -1.71. The molecule has 0 fully saturated rings. The van der Waals surface area contributed by atoms with Gasteiger partial charge in [-0.2, -0.15) is 0 Å². The monoisotopic (exact) mass is 361 g/mol. The van der Waals surface area contributed by atoms with Gasteiger partial charge >= 0.3 is 0 Å². The van der Waals surface area contributed by atoms with Crippen molar-refractivity contribution in [3.63, 3.8) is 0 Å². The van der Waals surface area contributed by atoms with E-state index in [0.717, 1.165) is 38.0 Å². The maximum absolute atomic E-state index is 6.23. The number of ether oxygens (including phenoxy) is 1. The second-order valence-electron chi connectivity index (χ2n) is 4.83. The largest absolute Gasteiger partial charge is 0.456 e. The Balaban J connectivity index is 2.11. The van der Waals surface area contributed by atoms with Crippen molar-refractivity contribution in [2.45, 2.75) is 6.92 Å². The van der Waals surface area contributed by atoms with Crippen molar-refractivity contribution in [1.29, 1.82) is 0 Å². The second kappa shape index (κ2) is 5.58. The Bertz CT molecular complexity index is 832. The predicted octanol–water partition coefficient (Wildman–Crippen LogP) is 5.94. The molecule has 2 nitrogen and oxygen atoms in total. The molecule has 0 saturated heterocycles. The number of aryl methyl sites for hydroxylation is 1. The molecule has 0 aliphatic carbocycles. The topological polar surface area (TPSA) is 35.2 Å². The minimum Gasteiger partial charge on any atom is -0.456 e. The van der Waals surface area contributed by atoms with Gasteiger partial charge in [-0.3, -0.25) is 0 Å². The maximum atomic E-state index is 6.23. The number of rotatable bonds is 2. The van der Waals surface area contributed by atoms with E-state index in [1.54, 1.807) is 0 Å². The number of hydrogen-bond donors (Lipinski definition) is 1. The number of nitrogen functional groups attached to an aromatic ring is 1. The highest BCUT2D eigenvalue weighted by molar-refractivity contribution is 9.10. The summed E-state index contributed by atoms with van der Waals surface area (Å²) in [7, 11) is 0. The molecular weight excluding hydrogens is 350 g/mol. The number of halogens is 2. The van der Waals surface area contributed by atoms with Crippen LogP contribution >= 0.6 is 27.5 Å². The van der Waals surface area contributed by atoms with E-state index in [2.05, 4.69) is 15.9 Å². The van der Waals surface area contributed by atoms with E-state index in [9.17, 15) is 0 Å². The van der Waals surface area contributed by atoms with Gasteiger partial charge in [-0.05, 0) is 52.7 Å². The third-order valence-corrected chi connectivity index (χ3v) is 4.32. The normalized spacial score (nSPS) is 10.8. The molecule has 106 valence electrons. The Morgan fingerprint density at radius 3 is 2.48 bits per heavy atom. The van der Waals surface area contributed by atoms with Gasteiger partial charge in [-0.15, -0.1) is 0 Å². The van der Waals surface area contributed by atoms with Crippen molar-refractivity contribution < 1.29 is 4.74 Å². The van der Waals surface area contributed by atoms with Gasteiger partial charge in [0.1, 0.15) is 11.5 Å². The average Bonchev–Trinajstić information content (AvgIpc) is 2.48. The molecule has 2 N–H and O–H groups in total. The summed E-state index contributed by atoms with van der Waals surface area (Å²) in [6.07, 6.45) is 0. The fraction of sp³-hybridized carbons (Fsp3) is 0.0588. The lowest BCUT2D eigenvalue weighted by molar-refractivity contribution is 0.485. The molecule has 0 unspecified atom stereocenters. The highest BCUT2D eigenvalue weighted by Crippen LogP contribution is 2.37. The Labute approximate surface area is 136 Å². The Morgan fingerprint density at radius 1 is 1.00 bits per heavy atom. The number of fused-ring (bicyclic) bond motifs is 1. The molecule has 3 rings (SSSR count). The lowest BCUT2D eigenvalue weighted by Crippen LogP contribution is -1.93. The molecule has 0 amide bonds. The van der Waals surface area contributed by atoms with Gasteiger partial charge in [0, 0.05) is 21.5 Å². The molecule has 0 radical (unpaired) electrons. The summed E-state index contributed by atoms with van der Waals surface area (Å²) >= 11 is 9.71. The highest BCUT2D eigenvalue weighted by atomic mass is 79.9. The minimum atomic E-state index is 0.713. The molecular formula is C17H13BrClNO. The molecule has 0 bridgehead atoms. The van der Waals surface area contributed by atoms with Crippen LogP contribution in [-0.4, -0.2) is 0 Å². The number of nitrogens with two attached hydrogens (primary N) is 1. The summed E-state index contributed by atoms with van der Waals surface area (Å²) in [6.45, 7) is 1.95.